The molecule has 0 aromatic carbocycles. The van der Waals surface area contributed by atoms with Crippen LogP contribution in [-0.2, 0) is 0 Å². The Bertz CT molecular complexity index is 165. The van der Waals surface area contributed by atoms with Gasteiger partial charge in [0, 0.05) is 0 Å². The molecule has 1 N–H and O–H groups in total. The van der Waals surface area contributed by atoms with Crippen molar-refractivity contribution in [3.8, 4) is 0 Å². The van der Waals surface area contributed by atoms with Gasteiger partial charge >= 0.3 is 0 Å². The summed E-state index contributed by atoms with van der Waals surface area (Å²) < 4.78 is 0. The lowest BCUT2D eigenvalue weighted by molar-refractivity contribution is 0.0139. The average Bonchev–Trinajstić information content (AvgIpc) is 2.16. The summed E-state index contributed by atoms with van der Waals surface area (Å²) in [4.78, 5) is 0. The summed E-state index contributed by atoms with van der Waals surface area (Å²) in [6.07, 6.45) is 4.76. The Kier molecular flexibility index (Phi) is 4.43. The molecule has 1 aliphatic rings. The summed E-state index contributed by atoms with van der Waals surface area (Å²) in [6, 6.07) is 0. The van der Waals surface area contributed by atoms with Crippen molar-refractivity contribution >= 4 is 0 Å². The number of hydrogen-bond acceptors (Lipinski definition) is 1. The van der Waals surface area contributed by atoms with Gasteiger partial charge in [0.15, 0.2) is 0 Å². The highest BCUT2D eigenvalue weighted by Gasteiger charge is 2.34. The molecule has 0 aromatic heterocycles. The molecule has 4 unspecified atom stereocenters. The van der Waals surface area contributed by atoms with Crippen molar-refractivity contribution in [2.24, 2.45) is 23.7 Å². The Morgan fingerprint density at radius 1 is 1.21 bits per heavy atom. The Morgan fingerprint density at radius 2 is 1.86 bits per heavy atom. The van der Waals surface area contributed by atoms with Crippen LogP contribution in [0.25, 0.3) is 0 Å². The van der Waals surface area contributed by atoms with Crippen LogP contribution in [0.2, 0.25) is 0 Å². The smallest absolute Gasteiger partial charge is 0.0568 e. The van der Waals surface area contributed by atoms with Gasteiger partial charge in [-0.2, -0.15) is 0 Å². The van der Waals surface area contributed by atoms with Crippen molar-refractivity contribution in [2.75, 3.05) is 0 Å². The van der Waals surface area contributed by atoms with E-state index in [1.165, 1.54) is 19.3 Å². The Balaban J connectivity index is 2.63. The molecule has 0 radical (unpaired) electrons. The summed E-state index contributed by atoms with van der Waals surface area (Å²) >= 11 is 0. The molecule has 4 atom stereocenters. The van der Waals surface area contributed by atoms with Gasteiger partial charge < -0.3 is 5.11 Å². The highest BCUT2D eigenvalue weighted by molar-refractivity contribution is 4.84. The summed E-state index contributed by atoms with van der Waals surface area (Å²) in [5.41, 5.74) is 0. The molecule has 1 rings (SSSR count). The van der Waals surface area contributed by atoms with Crippen molar-refractivity contribution in [3.63, 3.8) is 0 Å². The quantitative estimate of drug-likeness (QED) is 0.736. The van der Waals surface area contributed by atoms with Crippen LogP contribution in [0.4, 0.5) is 0 Å². The molecular weight excluding hydrogens is 172 g/mol. The van der Waals surface area contributed by atoms with Crippen LogP contribution in [0.15, 0.2) is 0 Å². The third kappa shape index (κ3) is 2.73. The number of rotatable bonds is 3. The third-order valence-corrected chi connectivity index (χ3v) is 3.99. The molecule has 14 heavy (non-hydrogen) atoms. The number of aliphatic hydroxyl groups excluding tert-OH is 1. The largest absolute Gasteiger partial charge is 0.393 e. The van der Waals surface area contributed by atoms with E-state index in [0.717, 1.165) is 24.2 Å². The van der Waals surface area contributed by atoms with E-state index in [1.54, 1.807) is 0 Å². The lowest BCUT2D eigenvalue weighted by Crippen LogP contribution is -2.35. The first-order valence-corrected chi connectivity index (χ1v) is 6.24. The molecule has 0 aliphatic heterocycles. The van der Waals surface area contributed by atoms with Crippen LogP contribution < -0.4 is 0 Å². The highest BCUT2D eigenvalue weighted by Crippen LogP contribution is 2.40. The van der Waals surface area contributed by atoms with Gasteiger partial charge in [-0.1, -0.05) is 34.1 Å². The van der Waals surface area contributed by atoms with Crippen LogP contribution in [0.3, 0.4) is 0 Å². The fraction of sp³-hybridized carbons (Fsp3) is 1.00. The van der Waals surface area contributed by atoms with Crippen molar-refractivity contribution in [3.05, 3.63) is 0 Å². The van der Waals surface area contributed by atoms with Crippen LogP contribution in [0, 0.1) is 23.7 Å². The summed E-state index contributed by atoms with van der Waals surface area (Å²) in [6.45, 7) is 9.03. The molecule has 1 saturated carbocycles. The van der Waals surface area contributed by atoms with Gasteiger partial charge in [0.2, 0.25) is 0 Å². The molecule has 1 heteroatoms. The summed E-state index contributed by atoms with van der Waals surface area (Å²) in [5.74, 6) is 2.86. The molecule has 0 saturated heterocycles. The van der Waals surface area contributed by atoms with E-state index in [2.05, 4.69) is 27.7 Å². The highest BCUT2D eigenvalue weighted by atomic mass is 16.3. The first-order chi connectivity index (χ1) is 6.56. The molecule has 1 aliphatic carbocycles. The fourth-order valence-electron chi connectivity index (χ4n) is 3.02. The van der Waals surface area contributed by atoms with Gasteiger partial charge in [-0.15, -0.1) is 0 Å². The van der Waals surface area contributed by atoms with Gasteiger partial charge in [-0.25, -0.2) is 0 Å². The number of aliphatic hydroxyl groups is 1. The van der Waals surface area contributed by atoms with Gasteiger partial charge in [0.05, 0.1) is 6.10 Å². The maximum atomic E-state index is 10.0. The second-order valence-corrected chi connectivity index (χ2v) is 5.47. The Labute approximate surface area is 88.9 Å². The van der Waals surface area contributed by atoms with Crippen LogP contribution in [0.1, 0.15) is 53.4 Å². The predicted molar refractivity (Wildman–Crippen MR) is 61.1 cm³/mol. The maximum absolute atomic E-state index is 10.0. The van der Waals surface area contributed by atoms with Crippen LogP contribution in [-0.4, -0.2) is 11.2 Å². The van der Waals surface area contributed by atoms with Crippen molar-refractivity contribution < 1.29 is 5.11 Å². The van der Waals surface area contributed by atoms with Crippen LogP contribution in [0.5, 0.6) is 0 Å². The van der Waals surface area contributed by atoms with E-state index in [4.69, 9.17) is 0 Å². The van der Waals surface area contributed by atoms with Crippen molar-refractivity contribution in [1.29, 1.82) is 0 Å². The zero-order chi connectivity index (χ0) is 10.7. The maximum Gasteiger partial charge on any atom is 0.0568 e. The molecule has 1 fully saturated rings. The molecule has 0 heterocycles. The van der Waals surface area contributed by atoms with E-state index < -0.39 is 0 Å². The number of hydrogen-bond donors (Lipinski definition) is 1. The van der Waals surface area contributed by atoms with E-state index in [-0.39, 0.29) is 6.10 Å². The minimum absolute atomic E-state index is 0.0647. The fourth-order valence-corrected chi connectivity index (χ4v) is 3.02. The molecule has 0 bridgehead atoms. The second-order valence-electron chi connectivity index (χ2n) is 5.47. The minimum Gasteiger partial charge on any atom is -0.393 e. The van der Waals surface area contributed by atoms with Gasteiger partial charge in [0.25, 0.3) is 0 Å². The standard InChI is InChI=1S/C13H26O/c1-5-13(14)12-8-10(4)6-7-11(12)9(2)3/h9-14H,5-8H2,1-4H3. The lowest BCUT2D eigenvalue weighted by Gasteiger charge is -2.39. The molecule has 1 nitrogen and oxygen atoms in total. The zero-order valence-corrected chi connectivity index (χ0v) is 10.2. The Morgan fingerprint density at radius 3 is 2.36 bits per heavy atom. The van der Waals surface area contributed by atoms with E-state index in [9.17, 15) is 5.11 Å². The minimum atomic E-state index is -0.0647. The molecule has 84 valence electrons. The first-order valence-electron chi connectivity index (χ1n) is 6.24. The average molecular weight is 198 g/mol. The van der Waals surface area contributed by atoms with Gasteiger partial charge in [0.1, 0.15) is 0 Å². The Hall–Kier alpha value is -0.0400. The molecule has 0 spiro atoms. The predicted octanol–water partition coefficient (Wildman–Crippen LogP) is 3.47. The van der Waals surface area contributed by atoms with Crippen molar-refractivity contribution in [1.82, 2.24) is 0 Å². The normalized spacial score (nSPS) is 36.0. The van der Waals surface area contributed by atoms with Gasteiger partial charge in [-0.05, 0) is 42.9 Å². The molecule has 0 amide bonds. The van der Waals surface area contributed by atoms with E-state index in [1.807, 2.05) is 0 Å². The van der Waals surface area contributed by atoms with E-state index in [0.29, 0.717) is 5.92 Å². The third-order valence-electron chi connectivity index (χ3n) is 3.99. The molecular formula is C13H26O. The van der Waals surface area contributed by atoms with Gasteiger partial charge in [-0.3, -0.25) is 0 Å². The SMILES string of the molecule is CCC(O)C1CC(C)CCC1C(C)C. The lowest BCUT2D eigenvalue weighted by atomic mass is 9.68. The topological polar surface area (TPSA) is 20.2 Å². The first kappa shape index (κ1) is 12.0. The molecule has 0 aromatic rings. The summed E-state index contributed by atoms with van der Waals surface area (Å²) in [7, 11) is 0. The van der Waals surface area contributed by atoms with E-state index >= 15 is 0 Å². The zero-order valence-electron chi connectivity index (χ0n) is 10.2. The summed E-state index contributed by atoms with van der Waals surface area (Å²) in [5, 5.41) is 10.0. The van der Waals surface area contributed by atoms with Crippen molar-refractivity contribution in [2.45, 2.75) is 59.5 Å². The van der Waals surface area contributed by atoms with Crippen LogP contribution >= 0.6 is 0 Å². The monoisotopic (exact) mass is 198 g/mol. The second kappa shape index (κ2) is 5.16.